The van der Waals surface area contributed by atoms with Crippen molar-refractivity contribution >= 4 is 39.3 Å². The van der Waals surface area contributed by atoms with Crippen molar-refractivity contribution in [1.29, 1.82) is 5.26 Å². The lowest BCUT2D eigenvalue weighted by Crippen LogP contribution is -2.20. The number of aromatic nitrogens is 1. The fourth-order valence-electron chi connectivity index (χ4n) is 3.29. The van der Waals surface area contributed by atoms with Gasteiger partial charge in [0, 0.05) is 26.4 Å². The second kappa shape index (κ2) is 11.5. The number of aliphatic hydroxyl groups excluding tert-OH is 1. The summed E-state index contributed by atoms with van der Waals surface area (Å²) >= 11 is 10.7. The zero-order chi connectivity index (χ0) is 23.9. The van der Waals surface area contributed by atoms with E-state index in [2.05, 4.69) is 22.0 Å². The van der Waals surface area contributed by atoms with E-state index >= 15 is 0 Å². The van der Waals surface area contributed by atoms with E-state index in [4.69, 9.17) is 21.3 Å². The molecule has 0 saturated heterocycles. The van der Waals surface area contributed by atoms with Crippen LogP contribution in [0.25, 0.3) is 22.4 Å². The minimum Gasteiger partial charge on any atom is -0.491 e. The van der Waals surface area contributed by atoms with Crippen LogP contribution in [0.3, 0.4) is 0 Å². The predicted octanol–water partition coefficient (Wildman–Crippen LogP) is 7.24. The highest BCUT2D eigenvalue weighted by Gasteiger charge is 2.17. The Morgan fingerprint density at radius 3 is 2.38 bits per heavy atom. The zero-order valence-corrected chi connectivity index (χ0v) is 21.1. The molecule has 3 aromatic carbocycles. The van der Waals surface area contributed by atoms with E-state index in [1.165, 1.54) is 11.8 Å². The number of thioether (sulfide) groups is 1. The number of nitrogens with zero attached hydrogens (tertiary/aromatic N) is 2. The van der Waals surface area contributed by atoms with E-state index < -0.39 is 6.10 Å². The quantitative estimate of drug-likeness (QED) is 0.234. The van der Waals surface area contributed by atoms with Gasteiger partial charge >= 0.3 is 0 Å². The molecule has 1 N–H and O–H groups in total. The smallest absolute Gasteiger partial charge is 0.119 e. The van der Waals surface area contributed by atoms with Gasteiger partial charge in [-0.1, -0.05) is 70.0 Å². The molecule has 0 aliphatic heterocycles. The van der Waals surface area contributed by atoms with E-state index in [-0.39, 0.29) is 6.61 Å². The molecule has 1 aromatic heterocycles. The lowest BCUT2D eigenvalue weighted by molar-refractivity contribution is 0.126. The third-order valence-electron chi connectivity index (χ3n) is 4.99. The van der Waals surface area contributed by atoms with Crippen LogP contribution in [0.2, 0.25) is 5.02 Å². The van der Waals surface area contributed by atoms with Gasteiger partial charge in [-0.2, -0.15) is 5.26 Å². The first-order valence-electron chi connectivity index (χ1n) is 10.5. The van der Waals surface area contributed by atoms with Gasteiger partial charge in [-0.05, 0) is 48.0 Å². The molecule has 1 unspecified atom stereocenters. The van der Waals surface area contributed by atoms with Gasteiger partial charge in [-0.15, -0.1) is 11.8 Å². The molecule has 0 radical (unpaired) electrons. The summed E-state index contributed by atoms with van der Waals surface area (Å²) < 4.78 is 6.63. The monoisotopic (exact) mass is 550 g/mol. The molecular formula is C27H20BrClN2O2S. The molecule has 0 aliphatic carbocycles. The van der Waals surface area contributed by atoms with Gasteiger partial charge < -0.3 is 9.84 Å². The van der Waals surface area contributed by atoms with Gasteiger partial charge in [-0.3, -0.25) is 0 Å². The Kier molecular flexibility index (Phi) is 8.25. The van der Waals surface area contributed by atoms with Crippen molar-refractivity contribution in [1.82, 2.24) is 4.98 Å². The molecule has 0 spiro atoms. The largest absolute Gasteiger partial charge is 0.491 e. The summed E-state index contributed by atoms with van der Waals surface area (Å²) in [5, 5.41) is 21.7. The number of ether oxygens (including phenoxy) is 1. The summed E-state index contributed by atoms with van der Waals surface area (Å²) in [6.07, 6.45) is -0.745. The van der Waals surface area contributed by atoms with Crippen LogP contribution in [0.4, 0.5) is 0 Å². The first kappa shape index (κ1) is 24.3. The average Bonchev–Trinajstić information content (AvgIpc) is 2.87. The van der Waals surface area contributed by atoms with Crippen LogP contribution in [0, 0.1) is 11.3 Å². The Morgan fingerprint density at radius 2 is 1.71 bits per heavy atom. The molecule has 0 saturated carbocycles. The van der Waals surface area contributed by atoms with E-state index in [9.17, 15) is 10.4 Å². The molecule has 4 aromatic rings. The number of rotatable bonds is 8. The minimum atomic E-state index is -0.745. The Bertz CT molecular complexity index is 1290. The van der Waals surface area contributed by atoms with E-state index in [0.717, 1.165) is 26.9 Å². The number of benzene rings is 3. The second-order valence-corrected chi connectivity index (χ2v) is 9.81. The average molecular weight is 552 g/mol. The summed E-state index contributed by atoms with van der Waals surface area (Å²) in [6.45, 7) is 0.120. The molecular weight excluding hydrogens is 532 g/mol. The zero-order valence-electron chi connectivity index (χ0n) is 18.0. The molecule has 1 heterocycles. The summed E-state index contributed by atoms with van der Waals surface area (Å²) in [5.41, 5.74) is 3.94. The number of nitriles is 1. The second-order valence-electron chi connectivity index (χ2n) is 7.45. The minimum absolute atomic E-state index is 0.120. The predicted molar refractivity (Wildman–Crippen MR) is 141 cm³/mol. The lowest BCUT2D eigenvalue weighted by atomic mass is 9.99. The molecule has 7 heteroatoms. The summed E-state index contributed by atoms with van der Waals surface area (Å²) in [7, 11) is 0. The number of pyridine rings is 1. The van der Waals surface area contributed by atoms with Gasteiger partial charge in [0.2, 0.25) is 0 Å². The van der Waals surface area contributed by atoms with Crippen molar-refractivity contribution in [3.8, 4) is 34.2 Å². The highest BCUT2D eigenvalue weighted by molar-refractivity contribution is 9.10. The molecule has 0 amide bonds. The topological polar surface area (TPSA) is 66.1 Å². The number of hydrogen-bond donors (Lipinski definition) is 1. The van der Waals surface area contributed by atoms with E-state index in [0.29, 0.717) is 27.1 Å². The third kappa shape index (κ3) is 6.19. The molecule has 0 fully saturated rings. The van der Waals surface area contributed by atoms with Crippen molar-refractivity contribution in [2.45, 2.75) is 11.1 Å². The lowest BCUT2D eigenvalue weighted by Gasteiger charge is -2.15. The first-order chi connectivity index (χ1) is 16.5. The van der Waals surface area contributed by atoms with Crippen LogP contribution in [-0.4, -0.2) is 28.6 Å². The van der Waals surface area contributed by atoms with Crippen LogP contribution in [0.15, 0.2) is 94.4 Å². The molecule has 34 heavy (non-hydrogen) atoms. The Hall–Kier alpha value is -2.82. The molecule has 0 bridgehead atoms. The normalized spacial score (nSPS) is 11.6. The van der Waals surface area contributed by atoms with E-state index in [1.807, 2.05) is 60.7 Å². The van der Waals surface area contributed by atoms with Gasteiger partial charge in [0.15, 0.2) is 0 Å². The van der Waals surface area contributed by atoms with Gasteiger partial charge in [0.25, 0.3) is 0 Å². The van der Waals surface area contributed by atoms with E-state index in [1.54, 1.807) is 24.3 Å². The van der Waals surface area contributed by atoms with Crippen LogP contribution in [0.1, 0.15) is 5.56 Å². The highest BCUT2D eigenvalue weighted by atomic mass is 79.9. The standard InChI is InChI=1S/C27H20BrClN2O2S/c28-20-8-6-19(7-9-20)26-14-24(18-4-2-1-3-5-18)25(15-30)27(31-26)34-17-22(32)16-33-23-12-10-21(29)11-13-23/h1-14,22,32H,16-17H2. The maximum atomic E-state index is 10.5. The fraction of sp³-hybridized carbons (Fsp3) is 0.111. The Balaban J connectivity index is 1.59. The first-order valence-corrected chi connectivity index (χ1v) is 12.6. The van der Waals surface area contributed by atoms with Crippen molar-refractivity contribution in [3.63, 3.8) is 0 Å². The summed E-state index contributed by atoms with van der Waals surface area (Å²) in [4.78, 5) is 4.79. The molecule has 4 rings (SSSR count). The van der Waals surface area contributed by atoms with Crippen LogP contribution < -0.4 is 4.74 Å². The Morgan fingerprint density at radius 1 is 1.00 bits per heavy atom. The maximum Gasteiger partial charge on any atom is 0.119 e. The van der Waals surface area contributed by atoms with Crippen LogP contribution in [0.5, 0.6) is 5.75 Å². The van der Waals surface area contributed by atoms with Crippen molar-refractivity contribution in [2.75, 3.05) is 12.4 Å². The molecule has 170 valence electrons. The van der Waals surface area contributed by atoms with Crippen molar-refractivity contribution in [3.05, 3.63) is 100.0 Å². The van der Waals surface area contributed by atoms with Crippen LogP contribution >= 0.6 is 39.3 Å². The molecule has 4 nitrogen and oxygen atoms in total. The van der Waals surface area contributed by atoms with Gasteiger partial charge in [0.05, 0.1) is 17.4 Å². The van der Waals surface area contributed by atoms with Gasteiger partial charge in [0.1, 0.15) is 23.5 Å². The third-order valence-corrected chi connectivity index (χ3v) is 6.89. The number of halogens is 2. The van der Waals surface area contributed by atoms with Crippen molar-refractivity contribution < 1.29 is 9.84 Å². The summed E-state index contributed by atoms with van der Waals surface area (Å²) in [5.74, 6) is 0.959. The maximum absolute atomic E-state index is 10.5. The highest BCUT2D eigenvalue weighted by Crippen LogP contribution is 2.34. The molecule has 0 aliphatic rings. The molecule has 1 atom stereocenters. The van der Waals surface area contributed by atoms with Crippen molar-refractivity contribution in [2.24, 2.45) is 0 Å². The van der Waals surface area contributed by atoms with Crippen LogP contribution in [-0.2, 0) is 0 Å². The summed E-state index contributed by atoms with van der Waals surface area (Å²) in [6, 6.07) is 28.9. The Labute approximate surface area is 216 Å². The number of hydrogen-bond acceptors (Lipinski definition) is 5. The number of aliphatic hydroxyl groups is 1. The SMILES string of the molecule is N#Cc1c(-c2ccccc2)cc(-c2ccc(Br)cc2)nc1SCC(O)COc1ccc(Cl)cc1. The fourth-order valence-corrected chi connectivity index (χ4v) is 4.59. The van der Waals surface area contributed by atoms with Gasteiger partial charge in [-0.25, -0.2) is 4.98 Å².